The molecule has 0 unspecified atom stereocenters. The summed E-state index contributed by atoms with van der Waals surface area (Å²) in [7, 11) is 6.77. The predicted octanol–water partition coefficient (Wildman–Crippen LogP) is 2.22. The van der Waals surface area contributed by atoms with Crippen molar-refractivity contribution >= 4 is 5.96 Å². The van der Waals surface area contributed by atoms with Crippen LogP contribution in [0.3, 0.4) is 0 Å². The summed E-state index contributed by atoms with van der Waals surface area (Å²) >= 11 is 0. The number of hydrogen-bond donors (Lipinski definition) is 1. The number of nitrogens with zero attached hydrogens (tertiary/aromatic N) is 3. The molecule has 1 aromatic rings. The minimum Gasteiger partial charge on any atom is -0.493 e. The van der Waals surface area contributed by atoms with Gasteiger partial charge in [0.2, 0.25) is 5.75 Å². The first-order valence-corrected chi connectivity index (χ1v) is 10.7. The third-order valence-corrected chi connectivity index (χ3v) is 5.22. The number of benzene rings is 1. The van der Waals surface area contributed by atoms with Crippen LogP contribution in [-0.2, 0) is 11.3 Å². The maximum absolute atomic E-state index is 5.48. The van der Waals surface area contributed by atoms with E-state index in [9.17, 15) is 0 Å². The Labute approximate surface area is 181 Å². The highest BCUT2D eigenvalue weighted by atomic mass is 16.5. The molecule has 0 radical (unpaired) electrons. The molecule has 2 rings (SSSR count). The number of rotatable bonds is 11. The molecule has 0 aromatic heterocycles. The van der Waals surface area contributed by atoms with E-state index in [0.29, 0.717) is 17.2 Å². The lowest BCUT2D eigenvalue weighted by Crippen LogP contribution is -2.52. The van der Waals surface area contributed by atoms with E-state index >= 15 is 0 Å². The van der Waals surface area contributed by atoms with Gasteiger partial charge in [0.05, 0.1) is 21.3 Å². The number of unbranched alkanes of at least 4 members (excludes halogenated alkanes) is 1. The van der Waals surface area contributed by atoms with Crippen molar-refractivity contribution in [2.24, 2.45) is 4.99 Å². The summed E-state index contributed by atoms with van der Waals surface area (Å²) in [5.41, 5.74) is 1.15. The molecular weight excluding hydrogens is 384 g/mol. The zero-order chi connectivity index (χ0) is 21.8. The molecule has 1 aliphatic heterocycles. The van der Waals surface area contributed by atoms with Crippen molar-refractivity contribution in [3.63, 3.8) is 0 Å². The van der Waals surface area contributed by atoms with Crippen LogP contribution in [-0.4, -0.2) is 90.1 Å². The number of ether oxygens (including phenoxy) is 4. The standard InChI is InChI=1S/C22H38N4O4/c1-6-30-14-8-7-9-24-22(23-2)26-12-10-25(11-13-26)17-18-15-19(27-3)21(29-5)20(16-18)28-4/h15-16H,6-14,17H2,1-5H3,(H,23,24). The Bertz CT molecular complexity index is 636. The lowest BCUT2D eigenvalue weighted by molar-refractivity contribution is 0.143. The van der Waals surface area contributed by atoms with E-state index < -0.39 is 0 Å². The van der Waals surface area contributed by atoms with E-state index in [-0.39, 0.29) is 0 Å². The fourth-order valence-electron chi connectivity index (χ4n) is 3.61. The van der Waals surface area contributed by atoms with Gasteiger partial charge in [-0.25, -0.2) is 0 Å². The van der Waals surface area contributed by atoms with Crippen LogP contribution in [0.4, 0.5) is 0 Å². The van der Waals surface area contributed by atoms with Crippen LogP contribution in [0.15, 0.2) is 17.1 Å². The van der Waals surface area contributed by atoms with E-state index in [1.165, 1.54) is 0 Å². The second-order valence-corrected chi connectivity index (χ2v) is 7.17. The molecule has 0 spiro atoms. The summed E-state index contributed by atoms with van der Waals surface area (Å²) in [5.74, 6) is 3.00. The van der Waals surface area contributed by atoms with E-state index in [1.807, 2.05) is 26.1 Å². The van der Waals surface area contributed by atoms with Crippen molar-refractivity contribution in [1.82, 2.24) is 15.1 Å². The number of piperazine rings is 1. The van der Waals surface area contributed by atoms with E-state index in [1.54, 1.807) is 21.3 Å². The average molecular weight is 423 g/mol. The number of hydrogen-bond acceptors (Lipinski definition) is 6. The molecule has 1 heterocycles. The van der Waals surface area contributed by atoms with Crippen LogP contribution in [0.5, 0.6) is 17.2 Å². The third kappa shape index (κ3) is 6.95. The molecule has 0 atom stereocenters. The van der Waals surface area contributed by atoms with E-state index in [2.05, 4.69) is 20.1 Å². The SMILES string of the molecule is CCOCCCCNC(=NC)N1CCN(Cc2cc(OC)c(OC)c(OC)c2)CC1. The second kappa shape index (κ2) is 13.2. The largest absolute Gasteiger partial charge is 0.493 e. The van der Waals surface area contributed by atoms with E-state index in [0.717, 1.165) is 76.8 Å². The normalized spacial score (nSPS) is 15.2. The maximum Gasteiger partial charge on any atom is 0.203 e. The lowest BCUT2D eigenvalue weighted by Gasteiger charge is -2.36. The molecule has 8 nitrogen and oxygen atoms in total. The van der Waals surface area contributed by atoms with Gasteiger partial charge in [0.1, 0.15) is 0 Å². The fraction of sp³-hybridized carbons (Fsp3) is 0.682. The molecule has 1 aliphatic rings. The Balaban J connectivity index is 1.84. The van der Waals surface area contributed by atoms with Crippen LogP contribution >= 0.6 is 0 Å². The van der Waals surface area contributed by atoms with Crippen LogP contribution in [0.25, 0.3) is 0 Å². The lowest BCUT2D eigenvalue weighted by atomic mass is 10.1. The van der Waals surface area contributed by atoms with Gasteiger partial charge in [-0.1, -0.05) is 0 Å². The summed E-state index contributed by atoms with van der Waals surface area (Å²) < 4.78 is 21.8. The topological polar surface area (TPSA) is 67.8 Å². The van der Waals surface area contributed by atoms with Crippen molar-refractivity contribution in [2.75, 3.05) is 74.3 Å². The van der Waals surface area contributed by atoms with Crippen LogP contribution < -0.4 is 19.5 Å². The molecule has 30 heavy (non-hydrogen) atoms. The number of aliphatic imine (C=N–C) groups is 1. The molecule has 1 fully saturated rings. The zero-order valence-electron chi connectivity index (χ0n) is 19.2. The van der Waals surface area contributed by atoms with Crippen molar-refractivity contribution in [3.8, 4) is 17.2 Å². The molecular formula is C22H38N4O4. The maximum atomic E-state index is 5.48. The molecule has 0 amide bonds. The second-order valence-electron chi connectivity index (χ2n) is 7.17. The monoisotopic (exact) mass is 422 g/mol. The van der Waals surface area contributed by atoms with Gasteiger partial charge in [0.25, 0.3) is 0 Å². The highest BCUT2D eigenvalue weighted by Gasteiger charge is 2.21. The van der Waals surface area contributed by atoms with Crippen LogP contribution in [0.1, 0.15) is 25.3 Å². The Morgan fingerprint density at radius 3 is 2.20 bits per heavy atom. The molecule has 170 valence electrons. The summed E-state index contributed by atoms with van der Waals surface area (Å²) in [5, 5.41) is 3.48. The van der Waals surface area contributed by atoms with Crippen molar-refractivity contribution < 1.29 is 18.9 Å². The number of nitrogens with one attached hydrogen (secondary N) is 1. The minimum absolute atomic E-state index is 0.629. The molecule has 1 aromatic carbocycles. The summed E-state index contributed by atoms with van der Waals surface area (Å²) in [6.07, 6.45) is 2.15. The smallest absolute Gasteiger partial charge is 0.203 e. The molecule has 1 saturated heterocycles. The molecule has 0 aliphatic carbocycles. The van der Waals surface area contributed by atoms with Gasteiger partial charge in [0.15, 0.2) is 17.5 Å². The fourth-order valence-corrected chi connectivity index (χ4v) is 3.61. The number of methoxy groups -OCH3 is 3. The number of guanidine groups is 1. The Hall–Kier alpha value is -2.19. The third-order valence-electron chi connectivity index (χ3n) is 5.22. The summed E-state index contributed by atoms with van der Waals surface area (Å²) in [4.78, 5) is 9.22. The van der Waals surface area contributed by atoms with Gasteiger partial charge >= 0.3 is 0 Å². The molecule has 0 bridgehead atoms. The van der Waals surface area contributed by atoms with Gasteiger partial charge in [-0.15, -0.1) is 0 Å². The first kappa shape index (κ1) is 24.1. The Morgan fingerprint density at radius 1 is 1.00 bits per heavy atom. The van der Waals surface area contributed by atoms with Gasteiger partial charge in [0, 0.05) is 59.5 Å². The highest BCUT2D eigenvalue weighted by Crippen LogP contribution is 2.38. The van der Waals surface area contributed by atoms with Crippen molar-refractivity contribution in [1.29, 1.82) is 0 Å². The zero-order valence-corrected chi connectivity index (χ0v) is 19.2. The van der Waals surface area contributed by atoms with Crippen LogP contribution in [0.2, 0.25) is 0 Å². The van der Waals surface area contributed by atoms with Gasteiger partial charge in [-0.3, -0.25) is 9.89 Å². The minimum atomic E-state index is 0.629. The summed E-state index contributed by atoms with van der Waals surface area (Å²) in [6, 6.07) is 4.05. The molecule has 1 N–H and O–H groups in total. The molecule has 8 heteroatoms. The highest BCUT2D eigenvalue weighted by molar-refractivity contribution is 5.79. The van der Waals surface area contributed by atoms with Crippen LogP contribution in [0, 0.1) is 0 Å². The van der Waals surface area contributed by atoms with E-state index in [4.69, 9.17) is 18.9 Å². The Kier molecular flexibility index (Phi) is 10.6. The average Bonchev–Trinajstić information content (AvgIpc) is 2.78. The quantitative estimate of drug-likeness (QED) is 0.333. The van der Waals surface area contributed by atoms with Crippen molar-refractivity contribution in [2.45, 2.75) is 26.3 Å². The molecule has 0 saturated carbocycles. The first-order chi connectivity index (χ1) is 14.7. The van der Waals surface area contributed by atoms with Gasteiger partial charge < -0.3 is 29.2 Å². The van der Waals surface area contributed by atoms with Gasteiger partial charge in [-0.05, 0) is 37.5 Å². The first-order valence-electron chi connectivity index (χ1n) is 10.7. The Morgan fingerprint density at radius 2 is 1.67 bits per heavy atom. The summed E-state index contributed by atoms with van der Waals surface area (Å²) in [6.45, 7) is 9.25. The van der Waals surface area contributed by atoms with Gasteiger partial charge in [-0.2, -0.15) is 0 Å². The predicted molar refractivity (Wildman–Crippen MR) is 120 cm³/mol. The van der Waals surface area contributed by atoms with Crippen molar-refractivity contribution in [3.05, 3.63) is 17.7 Å².